The molecule has 0 aromatic heterocycles. The number of rotatable bonds is 3. The molecule has 0 spiro atoms. The third kappa shape index (κ3) is 3.35. The first-order valence-corrected chi connectivity index (χ1v) is 8.45. The number of carbonyl (C=O) groups is 2. The van der Waals surface area contributed by atoms with Crippen LogP contribution in [0.3, 0.4) is 0 Å². The number of hydrogen-bond acceptors (Lipinski definition) is 4. The summed E-state index contributed by atoms with van der Waals surface area (Å²) in [7, 11) is 1.49. The number of anilines is 1. The summed E-state index contributed by atoms with van der Waals surface area (Å²) in [6, 6.07) is 12.1. The number of aryl methyl sites for hydroxylation is 1. The monoisotopic (exact) mass is 354 g/mol. The highest BCUT2D eigenvalue weighted by atomic mass is 16.5. The fourth-order valence-corrected chi connectivity index (χ4v) is 3.14. The molecule has 1 fully saturated rings. The van der Waals surface area contributed by atoms with E-state index in [-0.39, 0.29) is 35.7 Å². The van der Waals surface area contributed by atoms with Crippen molar-refractivity contribution in [1.29, 1.82) is 0 Å². The van der Waals surface area contributed by atoms with E-state index in [4.69, 9.17) is 4.74 Å². The predicted molar refractivity (Wildman–Crippen MR) is 98.7 cm³/mol. The maximum absolute atomic E-state index is 12.8. The van der Waals surface area contributed by atoms with Crippen molar-refractivity contribution in [3.8, 4) is 11.5 Å². The van der Waals surface area contributed by atoms with E-state index in [1.54, 1.807) is 11.0 Å². The summed E-state index contributed by atoms with van der Waals surface area (Å²) in [5, 5.41) is 10.1. The number of amides is 2. The number of hydrogen-bond donors (Lipinski definition) is 1. The third-order valence-electron chi connectivity index (χ3n) is 4.60. The Morgan fingerprint density at radius 1 is 1.23 bits per heavy atom. The summed E-state index contributed by atoms with van der Waals surface area (Å²) in [5.41, 5.74) is 2.07. The Morgan fingerprint density at radius 2 is 2.00 bits per heavy atom. The fraction of sp³-hybridized carbons (Fsp3) is 0.300. The first kappa shape index (κ1) is 17.8. The van der Waals surface area contributed by atoms with Gasteiger partial charge < -0.3 is 19.6 Å². The highest BCUT2D eigenvalue weighted by molar-refractivity contribution is 6.03. The maximum Gasteiger partial charge on any atom is 0.258 e. The van der Waals surface area contributed by atoms with Gasteiger partial charge in [0.25, 0.3) is 5.91 Å². The molecule has 2 amide bonds. The van der Waals surface area contributed by atoms with Crippen molar-refractivity contribution in [3.63, 3.8) is 0 Å². The number of nitrogens with zero attached hydrogens (tertiary/aromatic N) is 2. The van der Waals surface area contributed by atoms with Crippen molar-refractivity contribution in [3.05, 3.63) is 53.6 Å². The Kier molecular flexibility index (Phi) is 4.84. The van der Waals surface area contributed by atoms with E-state index in [9.17, 15) is 14.7 Å². The van der Waals surface area contributed by atoms with Crippen LogP contribution in [0.5, 0.6) is 11.5 Å². The second-order valence-electron chi connectivity index (χ2n) is 6.51. The van der Waals surface area contributed by atoms with Crippen LogP contribution in [0.25, 0.3) is 0 Å². The Balaban J connectivity index is 1.81. The lowest BCUT2D eigenvalue weighted by Gasteiger charge is -2.39. The van der Waals surface area contributed by atoms with Gasteiger partial charge in [-0.05, 0) is 43.7 Å². The number of benzene rings is 2. The summed E-state index contributed by atoms with van der Waals surface area (Å²) in [4.78, 5) is 28.7. The standard InChI is InChI=1S/C20H22N2O4/c1-13-5-4-6-15(9-13)22-11-14(2)21(12-19(22)24)20(25)17-8-7-16(26-3)10-18(17)23/h4-10,14,23H,11-12H2,1-3H3/t14-/m1/s1. The SMILES string of the molecule is COc1ccc(C(=O)N2CC(=O)N(c3cccc(C)c3)C[C@H]2C)c(O)c1. The van der Waals surface area contributed by atoms with E-state index in [1.165, 1.54) is 24.1 Å². The smallest absolute Gasteiger partial charge is 0.258 e. The second-order valence-corrected chi connectivity index (χ2v) is 6.51. The molecule has 2 aromatic rings. The normalized spacial score (nSPS) is 17.3. The van der Waals surface area contributed by atoms with Gasteiger partial charge in [0.05, 0.1) is 12.7 Å². The molecule has 0 bridgehead atoms. The number of methoxy groups -OCH3 is 1. The first-order chi connectivity index (χ1) is 12.4. The molecule has 26 heavy (non-hydrogen) atoms. The molecule has 6 nitrogen and oxygen atoms in total. The highest BCUT2D eigenvalue weighted by Crippen LogP contribution is 2.27. The molecule has 1 aliphatic heterocycles. The third-order valence-corrected chi connectivity index (χ3v) is 4.60. The molecule has 0 aliphatic carbocycles. The zero-order chi connectivity index (χ0) is 18.8. The number of ether oxygens (including phenoxy) is 1. The lowest BCUT2D eigenvalue weighted by atomic mass is 10.1. The zero-order valence-electron chi connectivity index (χ0n) is 15.1. The lowest BCUT2D eigenvalue weighted by molar-refractivity contribution is -0.121. The zero-order valence-corrected chi connectivity index (χ0v) is 15.1. The molecule has 0 radical (unpaired) electrons. The van der Waals surface area contributed by atoms with Crippen LogP contribution in [0.2, 0.25) is 0 Å². The van der Waals surface area contributed by atoms with Gasteiger partial charge in [0, 0.05) is 24.3 Å². The van der Waals surface area contributed by atoms with Gasteiger partial charge in [-0.3, -0.25) is 9.59 Å². The van der Waals surface area contributed by atoms with Gasteiger partial charge in [-0.1, -0.05) is 12.1 Å². The Bertz CT molecular complexity index is 849. The van der Waals surface area contributed by atoms with Gasteiger partial charge in [-0.15, -0.1) is 0 Å². The number of piperazine rings is 1. The number of aromatic hydroxyl groups is 1. The van der Waals surface area contributed by atoms with Crippen molar-refractivity contribution in [2.75, 3.05) is 25.1 Å². The summed E-state index contributed by atoms with van der Waals surface area (Å²) >= 11 is 0. The summed E-state index contributed by atoms with van der Waals surface area (Å²) < 4.78 is 5.04. The molecule has 1 heterocycles. The minimum atomic E-state index is -0.366. The van der Waals surface area contributed by atoms with Crippen molar-refractivity contribution >= 4 is 17.5 Å². The van der Waals surface area contributed by atoms with Gasteiger partial charge >= 0.3 is 0 Å². The summed E-state index contributed by atoms with van der Waals surface area (Å²) in [5.74, 6) is -0.201. The van der Waals surface area contributed by atoms with Crippen LogP contribution in [-0.4, -0.2) is 48.1 Å². The minimum absolute atomic E-state index is 0.0284. The lowest BCUT2D eigenvalue weighted by Crippen LogP contribution is -2.57. The quantitative estimate of drug-likeness (QED) is 0.920. The van der Waals surface area contributed by atoms with E-state index in [0.29, 0.717) is 12.3 Å². The molecule has 3 rings (SSSR count). The maximum atomic E-state index is 12.8. The van der Waals surface area contributed by atoms with Crippen LogP contribution in [0.4, 0.5) is 5.69 Å². The number of carbonyl (C=O) groups excluding carboxylic acids is 2. The van der Waals surface area contributed by atoms with Crippen LogP contribution < -0.4 is 9.64 Å². The Labute approximate surface area is 152 Å². The van der Waals surface area contributed by atoms with Crippen LogP contribution in [0, 0.1) is 6.92 Å². The molecule has 2 aromatic carbocycles. The largest absolute Gasteiger partial charge is 0.507 e. The van der Waals surface area contributed by atoms with Gasteiger partial charge in [0.2, 0.25) is 5.91 Å². The number of phenols is 1. The van der Waals surface area contributed by atoms with E-state index in [0.717, 1.165) is 11.3 Å². The number of phenolic OH excluding ortho intramolecular Hbond substituents is 1. The van der Waals surface area contributed by atoms with Crippen LogP contribution >= 0.6 is 0 Å². The molecule has 1 aliphatic rings. The Morgan fingerprint density at radius 3 is 2.65 bits per heavy atom. The van der Waals surface area contributed by atoms with Crippen LogP contribution in [-0.2, 0) is 4.79 Å². The van der Waals surface area contributed by atoms with Crippen LogP contribution in [0.1, 0.15) is 22.8 Å². The average Bonchev–Trinajstić information content (AvgIpc) is 2.62. The summed E-state index contributed by atoms with van der Waals surface area (Å²) in [6.45, 7) is 4.25. The Hall–Kier alpha value is -3.02. The van der Waals surface area contributed by atoms with Crippen molar-refractivity contribution in [1.82, 2.24) is 4.90 Å². The van der Waals surface area contributed by atoms with E-state index >= 15 is 0 Å². The second kappa shape index (κ2) is 7.07. The van der Waals surface area contributed by atoms with E-state index < -0.39 is 0 Å². The van der Waals surface area contributed by atoms with Gasteiger partial charge in [0.15, 0.2) is 0 Å². The van der Waals surface area contributed by atoms with Gasteiger partial charge in [-0.25, -0.2) is 0 Å². The molecular weight excluding hydrogens is 332 g/mol. The topological polar surface area (TPSA) is 70.1 Å². The van der Waals surface area contributed by atoms with Crippen LogP contribution in [0.15, 0.2) is 42.5 Å². The summed E-state index contributed by atoms with van der Waals surface area (Å²) in [6.07, 6.45) is 0. The molecule has 6 heteroatoms. The van der Waals surface area contributed by atoms with Crippen molar-refractivity contribution < 1.29 is 19.4 Å². The van der Waals surface area contributed by atoms with E-state index in [1.807, 2.05) is 38.1 Å². The molecule has 1 saturated heterocycles. The molecule has 1 atom stereocenters. The predicted octanol–water partition coefficient (Wildman–Crippen LogP) is 2.59. The average molecular weight is 354 g/mol. The molecule has 136 valence electrons. The minimum Gasteiger partial charge on any atom is -0.507 e. The van der Waals surface area contributed by atoms with Crippen molar-refractivity contribution in [2.45, 2.75) is 19.9 Å². The van der Waals surface area contributed by atoms with Crippen molar-refractivity contribution in [2.24, 2.45) is 0 Å². The molecule has 0 unspecified atom stereocenters. The fourth-order valence-electron chi connectivity index (χ4n) is 3.14. The molecule has 1 N–H and O–H groups in total. The molecular formula is C20H22N2O4. The van der Waals surface area contributed by atoms with Gasteiger partial charge in [0.1, 0.15) is 18.0 Å². The van der Waals surface area contributed by atoms with E-state index in [2.05, 4.69) is 0 Å². The molecule has 0 saturated carbocycles. The first-order valence-electron chi connectivity index (χ1n) is 8.45. The van der Waals surface area contributed by atoms with Gasteiger partial charge in [-0.2, -0.15) is 0 Å². The highest BCUT2D eigenvalue weighted by Gasteiger charge is 2.34.